The van der Waals surface area contributed by atoms with Gasteiger partial charge in [0.15, 0.2) is 0 Å². The van der Waals surface area contributed by atoms with Crippen molar-refractivity contribution in [2.45, 2.75) is 32.2 Å². The molecule has 26 heavy (non-hydrogen) atoms. The maximum absolute atomic E-state index is 12.7. The van der Waals surface area contributed by atoms with Crippen molar-refractivity contribution in [3.8, 4) is 11.1 Å². The van der Waals surface area contributed by atoms with Crippen molar-refractivity contribution >= 4 is 5.91 Å². The van der Waals surface area contributed by atoms with Crippen LogP contribution in [0.15, 0.2) is 42.5 Å². The molecule has 1 atom stereocenters. The van der Waals surface area contributed by atoms with Crippen molar-refractivity contribution in [2.75, 3.05) is 26.7 Å². The van der Waals surface area contributed by atoms with Gasteiger partial charge >= 0.3 is 0 Å². The van der Waals surface area contributed by atoms with Crippen LogP contribution in [-0.2, 0) is 17.8 Å². The summed E-state index contributed by atoms with van der Waals surface area (Å²) in [6.45, 7) is 3.85. The number of carbonyl (C=O) groups excluding carboxylic acids is 1. The Morgan fingerprint density at radius 3 is 2.77 bits per heavy atom. The molecule has 3 aliphatic rings. The van der Waals surface area contributed by atoms with Crippen LogP contribution in [-0.4, -0.2) is 42.4 Å². The molecule has 0 bridgehead atoms. The highest BCUT2D eigenvalue weighted by molar-refractivity contribution is 5.84. The molecule has 2 fully saturated rings. The first-order chi connectivity index (χ1) is 12.6. The highest BCUT2D eigenvalue weighted by Gasteiger charge is 2.47. The quantitative estimate of drug-likeness (QED) is 0.706. The van der Waals surface area contributed by atoms with E-state index >= 15 is 0 Å². The topological polar surface area (TPSA) is 23.6 Å². The van der Waals surface area contributed by atoms with Crippen LogP contribution in [0.25, 0.3) is 11.1 Å². The van der Waals surface area contributed by atoms with Crippen LogP contribution in [0.4, 0.5) is 0 Å². The molecular weight excluding hydrogens is 320 g/mol. The smallest absolute Gasteiger partial charge is 0.229 e. The lowest BCUT2D eigenvalue weighted by atomic mass is 9.78. The van der Waals surface area contributed by atoms with E-state index in [0.29, 0.717) is 5.91 Å². The second-order valence-electron chi connectivity index (χ2n) is 8.40. The molecule has 134 valence electrons. The minimum absolute atomic E-state index is 0.111. The van der Waals surface area contributed by atoms with Gasteiger partial charge in [0.25, 0.3) is 0 Å². The summed E-state index contributed by atoms with van der Waals surface area (Å²) >= 11 is 0. The summed E-state index contributed by atoms with van der Waals surface area (Å²) in [7, 11) is 1.96. The lowest BCUT2D eigenvalue weighted by Gasteiger charge is -2.37. The zero-order valence-electron chi connectivity index (χ0n) is 15.5. The van der Waals surface area contributed by atoms with Gasteiger partial charge in [-0.2, -0.15) is 0 Å². The van der Waals surface area contributed by atoms with E-state index in [0.717, 1.165) is 51.9 Å². The largest absolute Gasteiger partial charge is 0.345 e. The molecule has 0 saturated carbocycles. The van der Waals surface area contributed by atoms with E-state index in [4.69, 9.17) is 0 Å². The second kappa shape index (κ2) is 5.95. The molecule has 2 saturated heterocycles. The molecule has 3 heteroatoms. The van der Waals surface area contributed by atoms with Gasteiger partial charge in [0, 0.05) is 26.7 Å². The van der Waals surface area contributed by atoms with E-state index in [-0.39, 0.29) is 5.41 Å². The lowest BCUT2D eigenvalue weighted by molar-refractivity contribution is -0.143. The number of piperidine rings is 1. The van der Waals surface area contributed by atoms with E-state index < -0.39 is 0 Å². The lowest BCUT2D eigenvalue weighted by Crippen LogP contribution is -2.48. The number of rotatable bonds is 2. The maximum Gasteiger partial charge on any atom is 0.229 e. The van der Waals surface area contributed by atoms with Gasteiger partial charge in [-0.1, -0.05) is 42.5 Å². The van der Waals surface area contributed by atoms with Gasteiger partial charge in [-0.25, -0.2) is 0 Å². The van der Waals surface area contributed by atoms with Gasteiger partial charge in [0.2, 0.25) is 5.91 Å². The minimum Gasteiger partial charge on any atom is -0.345 e. The van der Waals surface area contributed by atoms with Crippen molar-refractivity contribution in [1.82, 2.24) is 9.80 Å². The van der Waals surface area contributed by atoms with E-state index in [2.05, 4.69) is 47.4 Å². The van der Waals surface area contributed by atoms with Gasteiger partial charge in [-0.3, -0.25) is 9.69 Å². The fraction of sp³-hybridized carbons (Fsp3) is 0.435. The molecule has 2 aromatic rings. The summed E-state index contributed by atoms with van der Waals surface area (Å²) in [5.74, 6) is 0.371. The summed E-state index contributed by atoms with van der Waals surface area (Å²) in [6, 6.07) is 15.7. The molecule has 1 amide bonds. The first-order valence-electron chi connectivity index (χ1n) is 9.83. The molecule has 0 radical (unpaired) electrons. The normalized spacial score (nSPS) is 25.0. The molecule has 1 spiro atoms. The van der Waals surface area contributed by atoms with Crippen LogP contribution in [0.5, 0.6) is 0 Å². The summed E-state index contributed by atoms with van der Waals surface area (Å²) < 4.78 is 0. The van der Waals surface area contributed by atoms with E-state index in [1.165, 1.54) is 27.8 Å². The maximum atomic E-state index is 12.7. The van der Waals surface area contributed by atoms with Crippen LogP contribution < -0.4 is 0 Å². The predicted octanol–water partition coefficient (Wildman–Crippen LogP) is 3.70. The SMILES string of the molecule is CN1CCC[C@@]2(CCN(Cc3ccc4c(c3)Cc3ccccc3-4)C2)C1=O. The fourth-order valence-electron chi connectivity index (χ4n) is 5.29. The molecular formula is C23H26N2O. The zero-order valence-corrected chi connectivity index (χ0v) is 15.5. The number of fused-ring (bicyclic) bond motifs is 3. The van der Waals surface area contributed by atoms with Crippen LogP contribution in [0.2, 0.25) is 0 Å². The Balaban J connectivity index is 1.33. The second-order valence-corrected chi connectivity index (χ2v) is 8.40. The van der Waals surface area contributed by atoms with Gasteiger partial charge < -0.3 is 4.90 Å². The molecule has 5 rings (SSSR count). The average Bonchev–Trinajstić information content (AvgIpc) is 3.21. The van der Waals surface area contributed by atoms with Crippen molar-refractivity contribution in [1.29, 1.82) is 0 Å². The Labute approximate surface area is 155 Å². The molecule has 2 aromatic carbocycles. The van der Waals surface area contributed by atoms with Gasteiger partial charge in [0.1, 0.15) is 0 Å². The summed E-state index contributed by atoms with van der Waals surface area (Å²) in [5, 5.41) is 0. The van der Waals surface area contributed by atoms with Crippen molar-refractivity contribution in [3.63, 3.8) is 0 Å². The van der Waals surface area contributed by atoms with Crippen LogP contribution >= 0.6 is 0 Å². The number of carbonyl (C=O) groups is 1. The van der Waals surface area contributed by atoms with E-state index in [9.17, 15) is 4.79 Å². The third kappa shape index (κ3) is 2.49. The molecule has 0 N–H and O–H groups in total. The Hall–Kier alpha value is -2.13. The van der Waals surface area contributed by atoms with Crippen LogP contribution in [0.3, 0.4) is 0 Å². The van der Waals surface area contributed by atoms with Gasteiger partial charge in [-0.15, -0.1) is 0 Å². The Morgan fingerprint density at radius 1 is 1.00 bits per heavy atom. The third-order valence-corrected chi connectivity index (χ3v) is 6.65. The predicted molar refractivity (Wildman–Crippen MR) is 104 cm³/mol. The van der Waals surface area contributed by atoms with Gasteiger partial charge in [0.05, 0.1) is 5.41 Å². The highest BCUT2D eigenvalue weighted by Crippen LogP contribution is 2.41. The Bertz CT molecular complexity index is 874. The number of likely N-dealkylation sites (tertiary alicyclic amines) is 2. The highest BCUT2D eigenvalue weighted by atomic mass is 16.2. The van der Waals surface area contributed by atoms with Crippen LogP contribution in [0.1, 0.15) is 36.0 Å². The number of hydrogen-bond acceptors (Lipinski definition) is 2. The molecule has 0 unspecified atom stereocenters. The first-order valence-corrected chi connectivity index (χ1v) is 9.83. The summed E-state index contributed by atoms with van der Waals surface area (Å²) in [6.07, 6.45) is 4.28. The first kappa shape index (κ1) is 16.1. The van der Waals surface area contributed by atoms with Crippen molar-refractivity contribution in [3.05, 3.63) is 59.2 Å². The average molecular weight is 346 g/mol. The molecule has 1 aliphatic carbocycles. The third-order valence-electron chi connectivity index (χ3n) is 6.65. The summed E-state index contributed by atoms with van der Waals surface area (Å²) in [5.41, 5.74) is 6.95. The van der Waals surface area contributed by atoms with Crippen molar-refractivity contribution in [2.24, 2.45) is 5.41 Å². The molecule has 3 nitrogen and oxygen atoms in total. The number of nitrogens with zero attached hydrogens (tertiary/aromatic N) is 2. The van der Waals surface area contributed by atoms with Gasteiger partial charge in [-0.05, 0) is 60.0 Å². The molecule has 0 aromatic heterocycles. The van der Waals surface area contributed by atoms with Crippen LogP contribution in [0, 0.1) is 5.41 Å². The fourth-order valence-corrected chi connectivity index (χ4v) is 5.29. The molecule has 2 aliphatic heterocycles. The number of amides is 1. The minimum atomic E-state index is -0.111. The zero-order chi connectivity index (χ0) is 17.7. The van der Waals surface area contributed by atoms with Crippen molar-refractivity contribution < 1.29 is 4.79 Å². The molecule has 2 heterocycles. The number of benzene rings is 2. The number of hydrogen-bond donors (Lipinski definition) is 0. The monoisotopic (exact) mass is 346 g/mol. The van der Waals surface area contributed by atoms with E-state index in [1.54, 1.807) is 0 Å². The standard InChI is InChI=1S/C23H26N2O/c1-24-11-4-9-23(22(24)26)10-12-25(16-23)15-17-7-8-21-19(13-17)14-18-5-2-3-6-20(18)21/h2-3,5-8,13H,4,9-12,14-16H2,1H3/t23-/m0/s1. The van der Waals surface area contributed by atoms with E-state index in [1.807, 2.05) is 11.9 Å². The Morgan fingerprint density at radius 2 is 1.85 bits per heavy atom. The Kier molecular flexibility index (Phi) is 3.68. The summed E-state index contributed by atoms with van der Waals surface area (Å²) in [4.78, 5) is 17.2.